The van der Waals surface area contributed by atoms with E-state index in [0.717, 1.165) is 0 Å². The van der Waals surface area contributed by atoms with E-state index in [-0.39, 0.29) is 35.8 Å². The first-order chi connectivity index (χ1) is 11.2. The molecule has 1 rings (SSSR count). The van der Waals surface area contributed by atoms with Gasteiger partial charge in [0.2, 0.25) is 0 Å². The molecule has 140 valence electrons. The van der Waals surface area contributed by atoms with Crippen molar-refractivity contribution < 1.29 is 24.9 Å². The Bertz CT molecular complexity index is 612. The second-order valence-electron chi connectivity index (χ2n) is 8.60. The number of hydrogen-bond acceptors (Lipinski definition) is 5. The van der Waals surface area contributed by atoms with Crippen LogP contribution in [0.4, 0.5) is 0 Å². The number of benzene rings is 1. The molecular formula is C20H28O5-2. The fraction of sp³-hybridized carbons (Fsp3) is 0.600. The zero-order chi connectivity index (χ0) is 19.6. The van der Waals surface area contributed by atoms with Crippen LogP contribution in [0.15, 0.2) is 12.1 Å². The lowest BCUT2D eigenvalue weighted by Crippen LogP contribution is -2.31. The van der Waals surface area contributed by atoms with Crippen LogP contribution in [0.3, 0.4) is 0 Å². The summed E-state index contributed by atoms with van der Waals surface area (Å²) < 4.78 is 0. The highest BCUT2D eigenvalue weighted by Gasteiger charge is 2.28. The van der Waals surface area contributed by atoms with Crippen LogP contribution in [0, 0.1) is 0 Å². The van der Waals surface area contributed by atoms with E-state index in [1.54, 1.807) is 12.1 Å². The Kier molecular flexibility index (Phi) is 6.27. The van der Waals surface area contributed by atoms with Gasteiger partial charge in [-0.25, -0.2) is 0 Å². The van der Waals surface area contributed by atoms with Crippen molar-refractivity contribution in [1.82, 2.24) is 0 Å². The average Bonchev–Trinajstić information content (AvgIpc) is 2.41. The lowest BCUT2D eigenvalue weighted by molar-refractivity contribution is -0.310. The van der Waals surface area contributed by atoms with Crippen molar-refractivity contribution in [2.75, 3.05) is 0 Å². The number of phenolic OH excluding ortho intramolecular Hbond substituents is 1. The van der Waals surface area contributed by atoms with Crippen molar-refractivity contribution in [3.05, 3.63) is 28.8 Å². The summed E-state index contributed by atoms with van der Waals surface area (Å²) in [5.41, 5.74) is 1.12. The summed E-state index contributed by atoms with van der Waals surface area (Å²) in [5, 5.41) is 32.9. The van der Waals surface area contributed by atoms with Crippen LogP contribution in [0.5, 0.6) is 5.75 Å². The first kappa shape index (κ1) is 21.0. The standard InChI is InChI=1S/C20H30O5/c1-19(2,3)14-10-12(11-15(17(14)23)20(4,5)6)13(18(24)25)8-7-9-16(21)22/h10-11,13,23H,7-9H2,1-6H3,(H,21,22)(H,24,25)/p-2. The molecule has 25 heavy (non-hydrogen) atoms. The molecule has 1 atom stereocenters. The molecule has 0 aliphatic rings. The molecule has 5 nitrogen and oxygen atoms in total. The molecule has 0 saturated carbocycles. The Balaban J connectivity index is 3.45. The Morgan fingerprint density at radius 3 is 1.76 bits per heavy atom. The van der Waals surface area contributed by atoms with Crippen LogP contribution >= 0.6 is 0 Å². The molecule has 5 heteroatoms. The highest BCUT2D eigenvalue weighted by atomic mass is 16.4. The summed E-state index contributed by atoms with van der Waals surface area (Å²) in [6, 6.07) is 3.40. The molecule has 0 aromatic heterocycles. The second kappa shape index (κ2) is 7.46. The SMILES string of the molecule is CC(C)(C)c1cc(C(CCCC(=O)[O-])C(=O)[O-])cc(C(C)(C)C)c1O. The van der Waals surface area contributed by atoms with Gasteiger partial charge in [-0.05, 0) is 46.8 Å². The molecule has 0 fully saturated rings. The third-order valence-corrected chi connectivity index (χ3v) is 4.31. The fourth-order valence-electron chi connectivity index (χ4n) is 2.87. The van der Waals surface area contributed by atoms with Gasteiger partial charge in [-0.2, -0.15) is 0 Å². The number of hydrogen-bond donors (Lipinski definition) is 1. The first-order valence-electron chi connectivity index (χ1n) is 8.53. The summed E-state index contributed by atoms with van der Waals surface area (Å²) in [6.07, 6.45) is 0.145. The molecule has 0 bridgehead atoms. The van der Waals surface area contributed by atoms with Crippen molar-refractivity contribution in [3.8, 4) is 5.75 Å². The quantitative estimate of drug-likeness (QED) is 0.844. The molecule has 1 aromatic carbocycles. The highest BCUT2D eigenvalue weighted by molar-refractivity contribution is 5.75. The maximum absolute atomic E-state index is 11.6. The normalized spacial score (nSPS) is 13.5. The van der Waals surface area contributed by atoms with Gasteiger partial charge in [-0.15, -0.1) is 0 Å². The van der Waals surface area contributed by atoms with Crippen LogP contribution in [0.1, 0.15) is 83.4 Å². The van der Waals surface area contributed by atoms with Crippen LogP contribution < -0.4 is 10.2 Å². The van der Waals surface area contributed by atoms with Crippen molar-refractivity contribution >= 4 is 11.9 Å². The van der Waals surface area contributed by atoms with E-state index >= 15 is 0 Å². The van der Waals surface area contributed by atoms with Gasteiger partial charge in [0.05, 0.1) is 0 Å². The maximum Gasteiger partial charge on any atom is 0.123 e. The van der Waals surface area contributed by atoms with E-state index in [1.165, 1.54) is 0 Å². The average molecular weight is 348 g/mol. The minimum atomic E-state index is -1.25. The van der Waals surface area contributed by atoms with Gasteiger partial charge < -0.3 is 24.9 Å². The Hall–Kier alpha value is -2.04. The zero-order valence-corrected chi connectivity index (χ0v) is 15.9. The Labute approximate surface area is 149 Å². The maximum atomic E-state index is 11.6. The van der Waals surface area contributed by atoms with E-state index in [1.807, 2.05) is 41.5 Å². The molecule has 0 amide bonds. The molecule has 0 aliphatic carbocycles. The summed E-state index contributed by atoms with van der Waals surface area (Å²) in [6.45, 7) is 11.7. The van der Waals surface area contributed by atoms with Crippen LogP contribution in [-0.4, -0.2) is 17.0 Å². The van der Waals surface area contributed by atoms with Crippen molar-refractivity contribution in [2.24, 2.45) is 0 Å². The summed E-state index contributed by atoms with van der Waals surface area (Å²) >= 11 is 0. The number of aromatic hydroxyl groups is 1. The molecule has 1 aromatic rings. The Morgan fingerprint density at radius 1 is 1.00 bits per heavy atom. The van der Waals surface area contributed by atoms with Crippen LogP contribution in [0.2, 0.25) is 0 Å². The number of carbonyl (C=O) groups excluding carboxylic acids is 2. The lowest BCUT2D eigenvalue weighted by Gasteiger charge is -2.30. The molecule has 0 radical (unpaired) electrons. The number of rotatable bonds is 6. The predicted molar refractivity (Wildman–Crippen MR) is 92.1 cm³/mol. The van der Waals surface area contributed by atoms with Crippen molar-refractivity contribution in [2.45, 2.75) is 77.6 Å². The summed E-state index contributed by atoms with van der Waals surface area (Å²) in [4.78, 5) is 22.2. The van der Waals surface area contributed by atoms with Crippen LogP contribution in [-0.2, 0) is 20.4 Å². The Morgan fingerprint density at radius 2 is 1.44 bits per heavy atom. The molecule has 0 heterocycles. The molecule has 0 spiro atoms. The van der Waals surface area contributed by atoms with Gasteiger partial charge in [-0.3, -0.25) is 0 Å². The smallest absolute Gasteiger partial charge is 0.123 e. The van der Waals surface area contributed by atoms with E-state index in [0.29, 0.717) is 16.7 Å². The topological polar surface area (TPSA) is 100 Å². The molecule has 0 aliphatic heterocycles. The van der Waals surface area contributed by atoms with Gasteiger partial charge in [0.1, 0.15) is 5.75 Å². The largest absolute Gasteiger partial charge is 0.550 e. The van der Waals surface area contributed by atoms with Gasteiger partial charge in [0, 0.05) is 17.9 Å². The monoisotopic (exact) mass is 348 g/mol. The van der Waals surface area contributed by atoms with E-state index < -0.39 is 17.9 Å². The highest BCUT2D eigenvalue weighted by Crippen LogP contribution is 2.41. The molecule has 1 N–H and O–H groups in total. The van der Waals surface area contributed by atoms with E-state index in [4.69, 9.17) is 0 Å². The van der Waals surface area contributed by atoms with Gasteiger partial charge in [-0.1, -0.05) is 53.7 Å². The first-order valence-corrected chi connectivity index (χ1v) is 8.53. The van der Waals surface area contributed by atoms with Gasteiger partial charge >= 0.3 is 0 Å². The van der Waals surface area contributed by atoms with Gasteiger partial charge in [0.25, 0.3) is 0 Å². The molecule has 1 unspecified atom stereocenters. The number of carboxylic acids is 2. The summed E-state index contributed by atoms with van der Waals surface area (Å²) in [7, 11) is 0. The fourth-order valence-corrected chi connectivity index (χ4v) is 2.87. The number of carboxylic acid groups (broad SMARTS) is 2. The third kappa shape index (κ3) is 5.48. The van der Waals surface area contributed by atoms with E-state index in [2.05, 4.69) is 0 Å². The van der Waals surface area contributed by atoms with Gasteiger partial charge in [0.15, 0.2) is 0 Å². The van der Waals surface area contributed by atoms with Crippen LogP contribution in [0.25, 0.3) is 0 Å². The minimum Gasteiger partial charge on any atom is -0.550 e. The van der Waals surface area contributed by atoms with Crippen molar-refractivity contribution in [1.29, 1.82) is 0 Å². The predicted octanol–water partition coefficient (Wildman–Crippen LogP) is 1.74. The number of aliphatic carboxylic acids is 2. The molecular weight excluding hydrogens is 320 g/mol. The number of carbonyl (C=O) groups is 2. The minimum absolute atomic E-state index is 0.147. The molecule has 0 saturated heterocycles. The number of phenols is 1. The second-order valence-corrected chi connectivity index (χ2v) is 8.60. The lowest BCUT2D eigenvalue weighted by atomic mass is 9.76. The zero-order valence-electron chi connectivity index (χ0n) is 15.9. The summed E-state index contributed by atoms with van der Waals surface area (Å²) in [5.74, 6) is -3.20. The van der Waals surface area contributed by atoms with Crippen molar-refractivity contribution in [3.63, 3.8) is 0 Å². The van der Waals surface area contributed by atoms with E-state index in [9.17, 15) is 24.9 Å². The third-order valence-electron chi connectivity index (χ3n) is 4.31.